The van der Waals surface area contributed by atoms with Crippen LogP contribution in [0.5, 0.6) is 11.5 Å². The van der Waals surface area contributed by atoms with Crippen molar-refractivity contribution in [3.63, 3.8) is 0 Å². The van der Waals surface area contributed by atoms with Gasteiger partial charge in [-0.25, -0.2) is 4.79 Å². The molecule has 5 atom stereocenters. The molecule has 4 aromatic rings. The van der Waals surface area contributed by atoms with Crippen molar-refractivity contribution in [3.05, 3.63) is 129 Å². The molecule has 1 aliphatic rings. The maximum absolute atomic E-state index is 12.6. The number of H-pyrrole nitrogens is 1. The largest absolute Gasteiger partial charge is 0.497 e. The fourth-order valence-electron chi connectivity index (χ4n) is 5.47. The van der Waals surface area contributed by atoms with E-state index >= 15 is 0 Å². The Bertz CT molecular complexity index is 1510. The molecule has 40 heavy (non-hydrogen) atoms. The van der Waals surface area contributed by atoms with Crippen molar-refractivity contribution in [3.8, 4) is 11.5 Å². The van der Waals surface area contributed by atoms with Gasteiger partial charge in [-0.15, -0.1) is 11.8 Å². The molecule has 4 N–H and O–H groups in total. The molecular weight excluding hydrogens is 532 g/mol. The summed E-state index contributed by atoms with van der Waals surface area (Å²) in [6.45, 7) is 0. The summed E-state index contributed by atoms with van der Waals surface area (Å²) in [6.07, 6.45) is -2.81. The Labute approximate surface area is 234 Å². The zero-order chi connectivity index (χ0) is 28.4. The Morgan fingerprint density at radius 2 is 1.32 bits per heavy atom. The molecule has 0 spiro atoms. The van der Waals surface area contributed by atoms with Gasteiger partial charge in [-0.3, -0.25) is 14.3 Å². The third-order valence-corrected chi connectivity index (χ3v) is 9.11. The van der Waals surface area contributed by atoms with Gasteiger partial charge in [0.15, 0.2) is 0 Å². The molecule has 1 aliphatic heterocycles. The number of nitrogens with one attached hydrogen (secondary N) is 1. The summed E-state index contributed by atoms with van der Waals surface area (Å²) in [5.41, 5.74) is -0.301. The van der Waals surface area contributed by atoms with Crippen molar-refractivity contribution in [2.45, 2.75) is 34.4 Å². The monoisotopic (exact) mass is 562 g/mol. The predicted octanol–water partition coefficient (Wildman–Crippen LogP) is 2.29. The number of aromatic nitrogens is 2. The van der Waals surface area contributed by atoms with Gasteiger partial charge in [-0.1, -0.05) is 54.6 Å². The lowest BCUT2D eigenvalue weighted by atomic mass is 9.64. The Morgan fingerprint density at radius 1 is 0.800 bits per heavy atom. The molecule has 10 heteroatoms. The average Bonchev–Trinajstić information content (AvgIpc) is 3.28. The smallest absolute Gasteiger partial charge is 0.329 e. The lowest BCUT2D eigenvalue weighted by Crippen LogP contribution is -2.51. The number of benzene rings is 3. The van der Waals surface area contributed by atoms with Crippen LogP contribution in [0.15, 0.2) is 101 Å². The third-order valence-electron chi connectivity index (χ3n) is 7.48. The number of hydrogen-bond donors (Lipinski definition) is 4. The van der Waals surface area contributed by atoms with Crippen LogP contribution in [0.25, 0.3) is 0 Å². The number of aliphatic hydroxyl groups excluding tert-OH is 3. The molecule has 1 unspecified atom stereocenters. The molecule has 3 aromatic carbocycles. The van der Waals surface area contributed by atoms with Crippen LogP contribution in [0.2, 0.25) is 0 Å². The Hall–Kier alpha value is -3.83. The van der Waals surface area contributed by atoms with Gasteiger partial charge in [0.2, 0.25) is 0 Å². The highest BCUT2D eigenvalue weighted by Crippen LogP contribution is 2.51. The van der Waals surface area contributed by atoms with Crippen molar-refractivity contribution >= 4 is 11.8 Å². The quantitative estimate of drug-likeness (QED) is 0.241. The van der Waals surface area contributed by atoms with Crippen LogP contribution in [0.4, 0.5) is 0 Å². The van der Waals surface area contributed by atoms with Gasteiger partial charge in [0.05, 0.1) is 37.1 Å². The first-order valence-corrected chi connectivity index (χ1v) is 13.6. The fraction of sp³-hybridized carbons (Fsp3) is 0.267. The van der Waals surface area contributed by atoms with Crippen LogP contribution in [-0.2, 0) is 5.41 Å². The van der Waals surface area contributed by atoms with E-state index in [2.05, 4.69) is 4.98 Å². The molecule has 0 aliphatic carbocycles. The minimum atomic E-state index is -1.40. The number of ether oxygens (including phenoxy) is 2. The second-order valence-electron chi connectivity index (χ2n) is 9.57. The number of rotatable bonds is 8. The van der Waals surface area contributed by atoms with Crippen LogP contribution >= 0.6 is 11.8 Å². The van der Waals surface area contributed by atoms with E-state index in [0.29, 0.717) is 11.5 Å². The van der Waals surface area contributed by atoms with Crippen LogP contribution in [-0.4, -0.2) is 62.7 Å². The number of methoxy groups -OCH3 is 2. The van der Waals surface area contributed by atoms with Crippen LogP contribution in [0.3, 0.4) is 0 Å². The first kappa shape index (κ1) is 27.7. The molecule has 0 radical (unpaired) electrons. The standard InChI is InChI=1S/C30H30N2O7S/c1-38-21-12-8-19(9-13-21)30(18-6-4-3-5-7-18,20-10-14-22(39-2)15-11-20)27(36)26-24(34)25(35)28(40-26)32-17-16-23(33)31-29(32)37/h3-17,24-28,34-36H,1-2H3,(H,31,33,37)/t24-,25+,26-,27?,28+/m0/s1. The summed E-state index contributed by atoms with van der Waals surface area (Å²) in [5.74, 6) is 1.27. The molecule has 2 heterocycles. The van der Waals surface area contributed by atoms with E-state index in [1.54, 1.807) is 38.5 Å². The van der Waals surface area contributed by atoms with Gasteiger partial charge in [0.25, 0.3) is 5.56 Å². The van der Waals surface area contributed by atoms with Crippen molar-refractivity contribution in [1.82, 2.24) is 9.55 Å². The van der Waals surface area contributed by atoms with Crippen molar-refractivity contribution in [2.24, 2.45) is 0 Å². The van der Waals surface area contributed by atoms with Gasteiger partial charge >= 0.3 is 5.69 Å². The second kappa shape index (κ2) is 11.3. The van der Waals surface area contributed by atoms with E-state index in [4.69, 9.17) is 9.47 Å². The molecule has 1 saturated heterocycles. The number of aromatic amines is 1. The minimum absolute atomic E-state index is 0.571. The molecule has 0 amide bonds. The van der Waals surface area contributed by atoms with Crippen LogP contribution in [0.1, 0.15) is 22.1 Å². The highest BCUT2D eigenvalue weighted by molar-refractivity contribution is 8.00. The molecule has 1 aromatic heterocycles. The van der Waals surface area contributed by atoms with Crippen molar-refractivity contribution < 1.29 is 24.8 Å². The molecule has 0 saturated carbocycles. The highest BCUT2D eigenvalue weighted by atomic mass is 32.2. The highest BCUT2D eigenvalue weighted by Gasteiger charge is 2.54. The van der Waals surface area contributed by atoms with Gasteiger partial charge in [0.1, 0.15) is 23.0 Å². The average molecular weight is 563 g/mol. The lowest BCUT2D eigenvalue weighted by Gasteiger charge is -2.43. The molecule has 1 fully saturated rings. The molecule has 208 valence electrons. The maximum atomic E-state index is 12.6. The first-order valence-electron chi connectivity index (χ1n) is 12.7. The van der Waals surface area contributed by atoms with E-state index in [0.717, 1.165) is 33.0 Å². The van der Waals surface area contributed by atoms with Gasteiger partial charge in [0, 0.05) is 12.3 Å². The van der Waals surface area contributed by atoms with Crippen LogP contribution < -0.4 is 20.7 Å². The Balaban J connectivity index is 1.70. The van der Waals surface area contributed by atoms with Gasteiger partial charge in [-0.05, 0) is 41.0 Å². The topological polar surface area (TPSA) is 134 Å². The fourth-order valence-corrected chi connectivity index (χ4v) is 7.09. The third kappa shape index (κ3) is 4.73. The van der Waals surface area contributed by atoms with E-state index in [1.165, 1.54) is 12.3 Å². The maximum Gasteiger partial charge on any atom is 0.329 e. The summed E-state index contributed by atoms with van der Waals surface area (Å²) in [7, 11) is 3.15. The summed E-state index contributed by atoms with van der Waals surface area (Å²) in [4.78, 5) is 26.4. The summed E-state index contributed by atoms with van der Waals surface area (Å²) in [6, 6.07) is 25.3. The molecule has 5 rings (SSSR count). The zero-order valence-corrected chi connectivity index (χ0v) is 22.7. The lowest BCUT2D eigenvalue weighted by molar-refractivity contribution is -0.0122. The van der Waals surface area contributed by atoms with Gasteiger partial charge in [-0.2, -0.15) is 0 Å². The number of hydrogen-bond acceptors (Lipinski definition) is 8. The number of aliphatic hydroxyl groups is 3. The molecule has 0 bridgehead atoms. The molecular formula is C30H30N2O7S. The Morgan fingerprint density at radius 3 is 1.82 bits per heavy atom. The zero-order valence-electron chi connectivity index (χ0n) is 21.9. The SMILES string of the molecule is COc1ccc(C(c2ccccc2)(c2ccc(OC)cc2)C(O)[C@H]2S[C@@H](n3ccc(=O)[nH]c3=O)[C@H](O)[C@@H]2O)cc1. The summed E-state index contributed by atoms with van der Waals surface area (Å²) >= 11 is 1.08. The Kier molecular flexibility index (Phi) is 7.86. The van der Waals surface area contributed by atoms with E-state index < -0.39 is 45.6 Å². The number of thioether (sulfide) groups is 1. The second-order valence-corrected chi connectivity index (χ2v) is 10.9. The minimum Gasteiger partial charge on any atom is -0.497 e. The summed E-state index contributed by atoms with van der Waals surface area (Å²) in [5, 5.41) is 32.9. The van der Waals surface area contributed by atoms with Crippen molar-refractivity contribution in [2.75, 3.05) is 14.2 Å². The van der Waals surface area contributed by atoms with E-state index in [9.17, 15) is 24.9 Å². The normalized spacial score (nSPS) is 21.6. The van der Waals surface area contributed by atoms with Crippen molar-refractivity contribution in [1.29, 1.82) is 0 Å². The predicted molar refractivity (Wildman–Crippen MR) is 152 cm³/mol. The summed E-state index contributed by atoms with van der Waals surface area (Å²) < 4.78 is 11.9. The van der Waals surface area contributed by atoms with E-state index in [-0.39, 0.29) is 0 Å². The first-order chi connectivity index (χ1) is 19.3. The van der Waals surface area contributed by atoms with E-state index in [1.807, 2.05) is 54.6 Å². The number of nitrogens with zero attached hydrogens (tertiary/aromatic N) is 1. The van der Waals surface area contributed by atoms with Crippen LogP contribution in [0, 0.1) is 0 Å². The van der Waals surface area contributed by atoms with Gasteiger partial charge < -0.3 is 24.8 Å². The molecule has 9 nitrogen and oxygen atoms in total.